The summed E-state index contributed by atoms with van der Waals surface area (Å²) >= 11 is 5.72. The Bertz CT molecular complexity index is 470. The highest BCUT2D eigenvalue weighted by molar-refractivity contribution is 6.30. The Morgan fingerprint density at radius 1 is 1.29 bits per heavy atom. The monoisotopic (exact) mass is 251 g/mol. The van der Waals surface area contributed by atoms with Crippen LogP contribution in [0.25, 0.3) is 0 Å². The van der Waals surface area contributed by atoms with Gasteiger partial charge >= 0.3 is 6.03 Å². The van der Waals surface area contributed by atoms with Crippen molar-refractivity contribution in [2.45, 2.75) is 0 Å². The number of hydrazine groups is 1. The molecule has 1 aromatic carbocycles. The Kier molecular flexibility index (Phi) is 3.30. The van der Waals surface area contributed by atoms with Gasteiger partial charge in [-0.25, -0.2) is 15.2 Å². The fraction of sp³-hybridized carbons (Fsp3) is 0.0909. The summed E-state index contributed by atoms with van der Waals surface area (Å²) in [6.45, 7) is 0.382. The number of halogens is 1. The van der Waals surface area contributed by atoms with E-state index in [4.69, 9.17) is 11.6 Å². The molecule has 0 radical (unpaired) electrons. The molecule has 0 saturated heterocycles. The molecule has 1 heterocycles. The van der Waals surface area contributed by atoms with Crippen molar-refractivity contribution < 1.29 is 9.59 Å². The van der Waals surface area contributed by atoms with Crippen LogP contribution in [0.2, 0.25) is 5.02 Å². The molecule has 1 aliphatic rings. The van der Waals surface area contributed by atoms with Crippen molar-refractivity contribution in [1.29, 1.82) is 0 Å². The molecular weight excluding hydrogens is 242 g/mol. The van der Waals surface area contributed by atoms with Crippen LogP contribution in [0.1, 0.15) is 0 Å². The minimum Gasteiger partial charge on any atom is -0.307 e. The third-order valence-electron chi connectivity index (χ3n) is 2.15. The third-order valence-corrected chi connectivity index (χ3v) is 2.41. The van der Waals surface area contributed by atoms with Crippen LogP contribution >= 0.6 is 11.6 Å². The fourth-order valence-electron chi connectivity index (χ4n) is 1.35. The van der Waals surface area contributed by atoms with E-state index in [1.54, 1.807) is 30.3 Å². The molecule has 0 saturated carbocycles. The molecule has 0 unspecified atom stereocenters. The first-order valence-electron chi connectivity index (χ1n) is 4.96. The maximum atomic E-state index is 11.5. The summed E-state index contributed by atoms with van der Waals surface area (Å²) in [7, 11) is 0. The van der Waals surface area contributed by atoms with Crippen molar-refractivity contribution in [2.24, 2.45) is 0 Å². The van der Waals surface area contributed by atoms with Crippen LogP contribution in [-0.2, 0) is 4.79 Å². The van der Waals surface area contributed by atoms with Crippen LogP contribution in [0.5, 0.6) is 0 Å². The Balaban J connectivity index is 1.89. The van der Waals surface area contributed by atoms with Crippen LogP contribution < -0.4 is 10.7 Å². The highest BCUT2D eigenvalue weighted by atomic mass is 35.5. The number of hydrogen-bond donors (Lipinski definition) is 2. The summed E-state index contributed by atoms with van der Waals surface area (Å²) in [6, 6.07) is 6.21. The van der Waals surface area contributed by atoms with E-state index in [0.717, 1.165) is 0 Å². The molecule has 88 valence electrons. The second kappa shape index (κ2) is 4.88. The maximum Gasteiger partial charge on any atom is 0.338 e. The molecule has 2 rings (SSSR count). The predicted molar refractivity (Wildman–Crippen MR) is 64.5 cm³/mol. The second-order valence-corrected chi connectivity index (χ2v) is 3.86. The Morgan fingerprint density at radius 2 is 2.00 bits per heavy atom. The van der Waals surface area contributed by atoms with E-state index in [-0.39, 0.29) is 5.91 Å². The number of amides is 3. The van der Waals surface area contributed by atoms with Crippen LogP contribution in [0.15, 0.2) is 36.4 Å². The van der Waals surface area contributed by atoms with Gasteiger partial charge < -0.3 is 5.32 Å². The molecule has 17 heavy (non-hydrogen) atoms. The zero-order valence-corrected chi connectivity index (χ0v) is 9.57. The van der Waals surface area contributed by atoms with Gasteiger partial charge in [-0.05, 0) is 24.3 Å². The second-order valence-electron chi connectivity index (χ2n) is 3.42. The molecule has 6 heteroatoms. The lowest BCUT2D eigenvalue weighted by atomic mass is 10.3. The van der Waals surface area contributed by atoms with Crippen molar-refractivity contribution in [2.75, 3.05) is 11.9 Å². The highest BCUT2D eigenvalue weighted by Crippen LogP contribution is 2.13. The van der Waals surface area contributed by atoms with Gasteiger partial charge in [0.05, 0.1) is 6.54 Å². The molecule has 5 nitrogen and oxygen atoms in total. The molecule has 0 atom stereocenters. The summed E-state index contributed by atoms with van der Waals surface area (Å²) in [5, 5.41) is 4.39. The highest BCUT2D eigenvalue weighted by Gasteiger charge is 2.16. The molecule has 0 spiro atoms. The topological polar surface area (TPSA) is 61.4 Å². The predicted octanol–water partition coefficient (Wildman–Crippen LogP) is 1.77. The van der Waals surface area contributed by atoms with E-state index >= 15 is 0 Å². The molecule has 2 N–H and O–H groups in total. The van der Waals surface area contributed by atoms with Gasteiger partial charge in [-0.15, -0.1) is 0 Å². The van der Waals surface area contributed by atoms with E-state index in [1.807, 2.05) is 0 Å². The summed E-state index contributed by atoms with van der Waals surface area (Å²) in [4.78, 5) is 22.7. The lowest BCUT2D eigenvalue weighted by molar-refractivity contribution is -0.126. The molecule has 1 aromatic rings. The number of hydrogen-bond acceptors (Lipinski definition) is 2. The number of benzene rings is 1. The van der Waals surface area contributed by atoms with Gasteiger partial charge in [0.25, 0.3) is 5.91 Å². The number of carbonyl (C=O) groups is 2. The van der Waals surface area contributed by atoms with E-state index in [0.29, 0.717) is 17.3 Å². The smallest absolute Gasteiger partial charge is 0.307 e. The van der Waals surface area contributed by atoms with Crippen molar-refractivity contribution in [1.82, 2.24) is 10.4 Å². The third kappa shape index (κ3) is 2.98. The summed E-state index contributed by atoms with van der Waals surface area (Å²) in [6.07, 6.45) is 3.08. The molecule has 0 aromatic heterocycles. The number of urea groups is 1. The lowest BCUT2D eigenvalue weighted by Crippen LogP contribution is -2.45. The maximum absolute atomic E-state index is 11.5. The quantitative estimate of drug-likeness (QED) is 0.842. The number of carbonyl (C=O) groups excluding carboxylic acids is 2. The first kappa shape index (κ1) is 11.5. The summed E-state index contributed by atoms with van der Waals surface area (Å²) < 4.78 is 0. The number of rotatable bonds is 2. The molecule has 0 fully saturated rings. The zero-order valence-electron chi connectivity index (χ0n) is 8.81. The Labute approximate surface area is 103 Å². The van der Waals surface area contributed by atoms with E-state index in [2.05, 4.69) is 10.7 Å². The molecule has 0 bridgehead atoms. The fourth-order valence-corrected chi connectivity index (χ4v) is 1.48. The van der Waals surface area contributed by atoms with Gasteiger partial charge in [0, 0.05) is 16.8 Å². The zero-order chi connectivity index (χ0) is 12.3. The summed E-state index contributed by atoms with van der Waals surface area (Å²) in [5.41, 5.74) is 3.03. The largest absolute Gasteiger partial charge is 0.338 e. The minimum absolute atomic E-state index is 0.240. The summed E-state index contributed by atoms with van der Waals surface area (Å²) in [5.74, 6) is -0.240. The standard InChI is InChI=1S/C11H10ClN3O2/c12-8-3-5-9(6-4-8)13-11(17)14-15-7-1-2-10(15)16/h1-6H,7H2,(H2,13,14,17). The van der Waals surface area contributed by atoms with Crippen molar-refractivity contribution >= 4 is 29.2 Å². The van der Waals surface area contributed by atoms with Crippen LogP contribution in [0, 0.1) is 0 Å². The van der Waals surface area contributed by atoms with E-state index in [1.165, 1.54) is 11.1 Å². The normalized spacial score (nSPS) is 13.9. The minimum atomic E-state index is -0.468. The van der Waals surface area contributed by atoms with Gasteiger partial charge in [-0.1, -0.05) is 17.7 Å². The van der Waals surface area contributed by atoms with E-state index < -0.39 is 6.03 Å². The molecule has 1 aliphatic heterocycles. The van der Waals surface area contributed by atoms with Crippen LogP contribution in [0.4, 0.5) is 10.5 Å². The molecule has 0 aliphatic carbocycles. The van der Waals surface area contributed by atoms with Gasteiger partial charge in [-0.2, -0.15) is 0 Å². The van der Waals surface area contributed by atoms with Gasteiger partial charge in [-0.3, -0.25) is 4.79 Å². The van der Waals surface area contributed by atoms with Gasteiger partial charge in [0.1, 0.15) is 0 Å². The van der Waals surface area contributed by atoms with Gasteiger partial charge in [0.15, 0.2) is 0 Å². The Morgan fingerprint density at radius 3 is 2.59 bits per heavy atom. The molecule has 3 amide bonds. The lowest BCUT2D eigenvalue weighted by Gasteiger charge is -2.17. The number of anilines is 1. The first-order chi connectivity index (χ1) is 8.15. The van der Waals surface area contributed by atoms with Crippen molar-refractivity contribution in [3.8, 4) is 0 Å². The first-order valence-corrected chi connectivity index (χ1v) is 5.34. The average Bonchev–Trinajstić information content (AvgIpc) is 2.68. The van der Waals surface area contributed by atoms with Crippen molar-refractivity contribution in [3.05, 3.63) is 41.4 Å². The number of nitrogens with zero attached hydrogens (tertiary/aromatic N) is 1. The van der Waals surface area contributed by atoms with Crippen molar-refractivity contribution in [3.63, 3.8) is 0 Å². The van der Waals surface area contributed by atoms with Crippen LogP contribution in [-0.4, -0.2) is 23.5 Å². The molecular formula is C11H10ClN3O2. The number of nitrogens with one attached hydrogen (secondary N) is 2. The Hall–Kier alpha value is -2.01. The average molecular weight is 252 g/mol. The van der Waals surface area contributed by atoms with E-state index in [9.17, 15) is 9.59 Å². The van der Waals surface area contributed by atoms with Gasteiger partial charge in [0.2, 0.25) is 0 Å². The van der Waals surface area contributed by atoms with Crippen LogP contribution in [0.3, 0.4) is 0 Å². The SMILES string of the molecule is O=C(Nc1ccc(Cl)cc1)NN1CC=CC1=O.